The van der Waals surface area contributed by atoms with E-state index in [1.807, 2.05) is 18.2 Å². The van der Waals surface area contributed by atoms with Crippen LogP contribution in [0.25, 0.3) is 10.8 Å². The van der Waals surface area contributed by atoms with Gasteiger partial charge in [-0.15, -0.1) is 0 Å². The number of aromatic carboxylic acids is 1. The van der Waals surface area contributed by atoms with Crippen molar-refractivity contribution in [1.29, 1.82) is 0 Å². The summed E-state index contributed by atoms with van der Waals surface area (Å²) in [5.74, 6) is -0.736. The predicted molar refractivity (Wildman–Crippen MR) is 74.3 cm³/mol. The molecule has 0 aliphatic heterocycles. The molecule has 106 valence electrons. The first-order chi connectivity index (χ1) is 10.2. The number of aryl methyl sites for hydroxylation is 1. The number of benzene rings is 2. The van der Waals surface area contributed by atoms with E-state index in [1.165, 1.54) is 0 Å². The molecule has 0 unspecified atom stereocenters. The van der Waals surface area contributed by atoms with Crippen LogP contribution in [0.1, 0.15) is 21.7 Å². The van der Waals surface area contributed by atoms with Crippen LogP contribution < -0.4 is 4.74 Å². The molecule has 0 bridgehead atoms. The molecular weight excluding hydrogens is 272 g/mol. The lowest BCUT2D eigenvalue weighted by atomic mass is 10.0. The van der Waals surface area contributed by atoms with Gasteiger partial charge in [-0.05, 0) is 23.8 Å². The van der Waals surface area contributed by atoms with Crippen molar-refractivity contribution in [2.45, 2.75) is 13.5 Å². The molecule has 3 aromatic rings. The van der Waals surface area contributed by atoms with Gasteiger partial charge >= 0.3 is 5.97 Å². The number of rotatable bonds is 4. The lowest BCUT2D eigenvalue weighted by molar-refractivity contribution is 0.0694. The number of ether oxygens (including phenoxy) is 1. The largest absolute Gasteiger partial charge is 0.486 e. The van der Waals surface area contributed by atoms with Crippen LogP contribution in [-0.4, -0.2) is 21.4 Å². The van der Waals surface area contributed by atoms with Crippen molar-refractivity contribution in [3.05, 3.63) is 53.3 Å². The first kappa shape index (κ1) is 13.1. The number of carbonyl (C=O) groups is 1. The van der Waals surface area contributed by atoms with E-state index in [1.54, 1.807) is 25.1 Å². The summed E-state index contributed by atoms with van der Waals surface area (Å²) in [5, 5.41) is 18.3. The summed E-state index contributed by atoms with van der Waals surface area (Å²) in [6.07, 6.45) is 0. The fourth-order valence-electron chi connectivity index (χ4n) is 2.12. The fraction of sp³-hybridized carbons (Fsp3) is 0.133. The molecule has 1 N–H and O–H groups in total. The lowest BCUT2D eigenvalue weighted by Crippen LogP contribution is -2.05. The zero-order valence-electron chi connectivity index (χ0n) is 11.2. The second-order valence-electron chi connectivity index (χ2n) is 4.55. The van der Waals surface area contributed by atoms with E-state index >= 15 is 0 Å². The van der Waals surface area contributed by atoms with E-state index in [-0.39, 0.29) is 12.2 Å². The Morgan fingerprint density at radius 2 is 2.05 bits per heavy atom. The van der Waals surface area contributed by atoms with Crippen molar-refractivity contribution >= 4 is 16.7 Å². The molecular formula is C15H12N2O4. The Morgan fingerprint density at radius 3 is 2.76 bits per heavy atom. The fourth-order valence-corrected chi connectivity index (χ4v) is 2.12. The molecule has 6 heteroatoms. The molecule has 0 spiro atoms. The highest BCUT2D eigenvalue weighted by molar-refractivity contribution is 6.06. The molecule has 0 amide bonds. The molecule has 6 nitrogen and oxygen atoms in total. The van der Waals surface area contributed by atoms with Crippen LogP contribution in [-0.2, 0) is 6.61 Å². The minimum atomic E-state index is -1.03. The second-order valence-corrected chi connectivity index (χ2v) is 4.55. The average molecular weight is 284 g/mol. The van der Waals surface area contributed by atoms with Crippen molar-refractivity contribution < 1.29 is 19.3 Å². The van der Waals surface area contributed by atoms with Crippen molar-refractivity contribution in [2.75, 3.05) is 0 Å². The molecule has 0 aliphatic carbocycles. The van der Waals surface area contributed by atoms with Gasteiger partial charge < -0.3 is 9.84 Å². The number of hydrogen-bond acceptors (Lipinski definition) is 5. The summed E-state index contributed by atoms with van der Waals surface area (Å²) < 4.78 is 10.2. The van der Waals surface area contributed by atoms with Crippen molar-refractivity contribution in [3.8, 4) is 5.75 Å². The zero-order valence-corrected chi connectivity index (χ0v) is 11.2. The highest BCUT2D eigenvalue weighted by atomic mass is 16.6. The summed E-state index contributed by atoms with van der Waals surface area (Å²) in [5.41, 5.74) is 1.30. The van der Waals surface area contributed by atoms with Crippen molar-refractivity contribution in [2.24, 2.45) is 0 Å². The summed E-state index contributed by atoms with van der Waals surface area (Å²) in [6, 6.07) is 10.7. The standard InChI is InChI=1S/C15H12N2O4/c1-9-12(17-21-16-9)8-20-13-7-6-10-4-2-3-5-11(10)14(13)15(18)19/h2-7H,8H2,1H3,(H,18,19). The van der Waals surface area contributed by atoms with Gasteiger partial charge in [0.1, 0.15) is 29.3 Å². The van der Waals surface area contributed by atoms with Gasteiger partial charge in [-0.25, -0.2) is 9.42 Å². The van der Waals surface area contributed by atoms with Crippen LogP contribution in [0.15, 0.2) is 41.0 Å². The smallest absolute Gasteiger partial charge is 0.340 e. The molecule has 2 aromatic carbocycles. The number of fused-ring (bicyclic) bond motifs is 1. The normalized spacial score (nSPS) is 10.7. The van der Waals surface area contributed by atoms with E-state index in [0.29, 0.717) is 22.5 Å². The van der Waals surface area contributed by atoms with Crippen LogP contribution in [0.5, 0.6) is 5.75 Å². The Balaban J connectivity index is 2.00. The quantitative estimate of drug-likeness (QED) is 0.792. The Labute approximate surface area is 119 Å². The molecule has 0 saturated carbocycles. The third-order valence-electron chi connectivity index (χ3n) is 3.22. The van der Waals surface area contributed by atoms with Crippen LogP contribution in [0.3, 0.4) is 0 Å². The number of aromatic nitrogens is 2. The maximum atomic E-state index is 11.5. The molecule has 1 aromatic heterocycles. The Hall–Kier alpha value is -2.89. The van der Waals surface area contributed by atoms with Gasteiger partial charge in [-0.1, -0.05) is 40.6 Å². The minimum Gasteiger partial charge on any atom is -0.486 e. The monoisotopic (exact) mass is 284 g/mol. The maximum absolute atomic E-state index is 11.5. The number of nitrogens with zero attached hydrogens (tertiary/aromatic N) is 2. The topological polar surface area (TPSA) is 85.5 Å². The Morgan fingerprint density at radius 1 is 1.24 bits per heavy atom. The van der Waals surface area contributed by atoms with E-state index in [2.05, 4.69) is 14.9 Å². The second kappa shape index (κ2) is 5.24. The van der Waals surface area contributed by atoms with Crippen LogP contribution in [0, 0.1) is 6.92 Å². The van der Waals surface area contributed by atoms with E-state index < -0.39 is 5.97 Å². The summed E-state index contributed by atoms with van der Waals surface area (Å²) >= 11 is 0. The molecule has 1 heterocycles. The van der Waals surface area contributed by atoms with Crippen LogP contribution in [0.2, 0.25) is 0 Å². The SMILES string of the molecule is Cc1nonc1COc1ccc2ccccc2c1C(=O)O. The average Bonchev–Trinajstić information content (AvgIpc) is 2.89. The summed E-state index contributed by atoms with van der Waals surface area (Å²) in [6.45, 7) is 1.85. The Bertz CT molecular complexity index is 810. The molecule has 3 rings (SSSR count). The first-order valence-corrected chi connectivity index (χ1v) is 6.32. The summed E-state index contributed by atoms with van der Waals surface area (Å²) in [7, 11) is 0. The van der Waals surface area contributed by atoms with Gasteiger partial charge in [0, 0.05) is 0 Å². The van der Waals surface area contributed by atoms with Gasteiger partial charge in [-0.3, -0.25) is 0 Å². The van der Waals surface area contributed by atoms with Crippen molar-refractivity contribution in [1.82, 2.24) is 10.3 Å². The lowest BCUT2D eigenvalue weighted by Gasteiger charge is -2.10. The van der Waals surface area contributed by atoms with Gasteiger partial charge in [-0.2, -0.15) is 0 Å². The van der Waals surface area contributed by atoms with Crippen LogP contribution >= 0.6 is 0 Å². The van der Waals surface area contributed by atoms with E-state index in [9.17, 15) is 9.90 Å². The third-order valence-corrected chi connectivity index (χ3v) is 3.22. The van der Waals surface area contributed by atoms with Gasteiger partial charge in [0.25, 0.3) is 0 Å². The predicted octanol–water partition coefficient (Wildman–Crippen LogP) is 2.81. The number of hydrogen-bond donors (Lipinski definition) is 1. The van der Waals surface area contributed by atoms with Crippen LogP contribution in [0.4, 0.5) is 0 Å². The third kappa shape index (κ3) is 2.43. The molecule has 21 heavy (non-hydrogen) atoms. The first-order valence-electron chi connectivity index (χ1n) is 6.32. The Kier molecular flexibility index (Phi) is 3.27. The highest BCUT2D eigenvalue weighted by Gasteiger charge is 2.16. The number of carboxylic acid groups (broad SMARTS) is 1. The van der Waals surface area contributed by atoms with E-state index in [0.717, 1.165) is 5.39 Å². The van der Waals surface area contributed by atoms with Gasteiger partial charge in [0.15, 0.2) is 0 Å². The summed E-state index contributed by atoms with van der Waals surface area (Å²) in [4.78, 5) is 11.5. The molecule has 0 aliphatic rings. The van der Waals surface area contributed by atoms with E-state index in [4.69, 9.17) is 4.74 Å². The van der Waals surface area contributed by atoms with Gasteiger partial charge in [0.2, 0.25) is 0 Å². The van der Waals surface area contributed by atoms with Gasteiger partial charge in [0.05, 0.1) is 0 Å². The molecule has 0 fully saturated rings. The molecule has 0 saturated heterocycles. The molecule has 0 radical (unpaired) electrons. The highest BCUT2D eigenvalue weighted by Crippen LogP contribution is 2.28. The molecule has 0 atom stereocenters. The number of carboxylic acids is 1. The minimum absolute atomic E-state index is 0.105. The maximum Gasteiger partial charge on any atom is 0.340 e. The van der Waals surface area contributed by atoms with Crippen molar-refractivity contribution in [3.63, 3.8) is 0 Å². The zero-order chi connectivity index (χ0) is 14.8.